The highest BCUT2D eigenvalue weighted by atomic mass is 16.1. The molecule has 0 spiro atoms. The van der Waals surface area contributed by atoms with Crippen LogP contribution < -0.4 is 5.32 Å². The number of nitrogens with one attached hydrogen (secondary N) is 2. The minimum absolute atomic E-state index is 0.0153. The number of aryl methyl sites for hydroxylation is 1. The fourth-order valence-corrected chi connectivity index (χ4v) is 2.31. The van der Waals surface area contributed by atoms with Crippen LogP contribution in [0.4, 0.5) is 0 Å². The lowest BCUT2D eigenvalue weighted by Gasteiger charge is -2.12. The molecule has 3 rings (SSSR count). The van der Waals surface area contributed by atoms with E-state index in [0.717, 1.165) is 16.6 Å². The van der Waals surface area contributed by atoms with E-state index in [2.05, 4.69) is 20.5 Å². The number of para-hydroxylation sites is 2. The van der Waals surface area contributed by atoms with Gasteiger partial charge in [0.2, 0.25) is 5.91 Å². The largest absolute Gasteiger partial charge is 0.349 e. The molecule has 1 aromatic carbocycles. The maximum Gasteiger partial charge on any atom is 0.222 e. The van der Waals surface area contributed by atoms with Crippen molar-refractivity contribution in [3.05, 3.63) is 48.5 Å². The van der Waals surface area contributed by atoms with Crippen molar-refractivity contribution in [1.29, 1.82) is 0 Å². The van der Waals surface area contributed by atoms with Crippen molar-refractivity contribution in [2.75, 3.05) is 0 Å². The number of nitrogens with zero attached hydrogens (tertiary/aromatic N) is 3. The number of imidazole rings is 1. The van der Waals surface area contributed by atoms with Crippen molar-refractivity contribution in [2.45, 2.75) is 25.9 Å². The molecule has 6 heteroatoms. The number of aromatic amines is 1. The van der Waals surface area contributed by atoms with E-state index in [1.165, 1.54) is 0 Å². The molecule has 2 aromatic heterocycles. The average molecular weight is 283 g/mol. The van der Waals surface area contributed by atoms with Crippen LogP contribution in [-0.4, -0.2) is 25.7 Å². The fraction of sp³-hybridized carbons (Fsp3) is 0.267. The van der Waals surface area contributed by atoms with Crippen molar-refractivity contribution in [2.24, 2.45) is 0 Å². The van der Waals surface area contributed by atoms with Gasteiger partial charge in [-0.3, -0.25) is 9.89 Å². The number of hydrogen-bond donors (Lipinski definition) is 2. The van der Waals surface area contributed by atoms with Crippen LogP contribution in [0, 0.1) is 0 Å². The summed E-state index contributed by atoms with van der Waals surface area (Å²) in [7, 11) is 0. The standard InChI is InChI=1S/C15H17N5O/c1-11(12-8-17-18-9-12)19-15(21)6-7-20-10-16-13-4-2-3-5-14(13)20/h2-5,8-11H,6-7H2,1H3,(H,17,18)(H,19,21). The molecule has 1 atom stereocenters. The first-order valence-corrected chi connectivity index (χ1v) is 6.92. The zero-order valence-corrected chi connectivity index (χ0v) is 11.8. The van der Waals surface area contributed by atoms with Gasteiger partial charge in [0, 0.05) is 24.7 Å². The number of carbonyl (C=O) groups is 1. The first-order chi connectivity index (χ1) is 10.2. The molecule has 0 radical (unpaired) electrons. The predicted molar refractivity (Wildman–Crippen MR) is 79.5 cm³/mol. The molecule has 0 aliphatic rings. The molecular formula is C15H17N5O. The Morgan fingerprint density at radius 2 is 2.29 bits per heavy atom. The van der Waals surface area contributed by atoms with E-state index in [1.807, 2.05) is 35.8 Å². The molecule has 6 nitrogen and oxygen atoms in total. The number of H-pyrrole nitrogens is 1. The Balaban J connectivity index is 1.58. The Morgan fingerprint density at radius 3 is 3.10 bits per heavy atom. The van der Waals surface area contributed by atoms with Gasteiger partial charge in [-0.15, -0.1) is 0 Å². The normalized spacial score (nSPS) is 12.4. The van der Waals surface area contributed by atoms with Crippen LogP contribution in [0.2, 0.25) is 0 Å². The van der Waals surface area contributed by atoms with Crippen molar-refractivity contribution in [1.82, 2.24) is 25.1 Å². The van der Waals surface area contributed by atoms with Gasteiger partial charge in [-0.1, -0.05) is 12.1 Å². The highest BCUT2D eigenvalue weighted by molar-refractivity contribution is 5.77. The van der Waals surface area contributed by atoms with E-state index < -0.39 is 0 Å². The number of rotatable bonds is 5. The highest BCUT2D eigenvalue weighted by Crippen LogP contribution is 2.13. The van der Waals surface area contributed by atoms with Gasteiger partial charge >= 0.3 is 0 Å². The van der Waals surface area contributed by atoms with Crippen LogP contribution in [-0.2, 0) is 11.3 Å². The van der Waals surface area contributed by atoms with Crippen LogP contribution in [0.3, 0.4) is 0 Å². The molecule has 2 heterocycles. The van der Waals surface area contributed by atoms with Crippen LogP contribution in [0.25, 0.3) is 11.0 Å². The summed E-state index contributed by atoms with van der Waals surface area (Å²) in [6, 6.07) is 7.86. The third kappa shape index (κ3) is 2.94. The lowest BCUT2D eigenvalue weighted by atomic mass is 10.2. The van der Waals surface area contributed by atoms with E-state index in [0.29, 0.717) is 13.0 Å². The second-order valence-electron chi connectivity index (χ2n) is 5.00. The Morgan fingerprint density at radius 1 is 1.43 bits per heavy atom. The summed E-state index contributed by atoms with van der Waals surface area (Å²) in [4.78, 5) is 16.3. The predicted octanol–water partition coefficient (Wildman–Crippen LogP) is 2.03. The molecule has 3 aromatic rings. The summed E-state index contributed by atoms with van der Waals surface area (Å²) in [5.41, 5.74) is 2.97. The van der Waals surface area contributed by atoms with Gasteiger partial charge in [0.05, 0.1) is 29.6 Å². The summed E-state index contributed by atoms with van der Waals surface area (Å²) in [5, 5.41) is 9.59. The highest BCUT2D eigenvalue weighted by Gasteiger charge is 2.11. The molecule has 0 bridgehead atoms. The summed E-state index contributed by atoms with van der Waals surface area (Å²) in [6.45, 7) is 2.56. The minimum Gasteiger partial charge on any atom is -0.349 e. The van der Waals surface area contributed by atoms with Gasteiger partial charge in [0.25, 0.3) is 0 Å². The van der Waals surface area contributed by atoms with Crippen LogP contribution >= 0.6 is 0 Å². The summed E-state index contributed by atoms with van der Waals surface area (Å²) >= 11 is 0. The first-order valence-electron chi connectivity index (χ1n) is 6.92. The average Bonchev–Trinajstić information content (AvgIpc) is 3.15. The number of benzene rings is 1. The molecule has 0 fully saturated rings. The van der Waals surface area contributed by atoms with Gasteiger partial charge in [0.15, 0.2) is 0 Å². The first kappa shape index (κ1) is 13.4. The third-order valence-electron chi connectivity index (χ3n) is 3.50. The zero-order chi connectivity index (χ0) is 14.7. The quantitative estimate of drug-likeness (QED) is 0.752. The number of carbonyl (C=O) groups excluding carboxylic acids is 1. The Bertz CT molecular complexity index is 731. The Labute approximate surface area is 122 Å². The zero-order valence-electron chi connectivity index (χ0n) is 11.8. The Kier molecular flexibility index (Phi) is 3.68. The molecule has 0 saturated carbocycles. The molecule has 1 amide bonds. The second-order valence-corrected chi connectivity index (χ2v) is 5.00. The van der Waals surface area contributed by atoms with Gasteiger partial charge in [-0.25, -0.2) is 4.98 Å². The molecule has 0 aliphatic heterocycles. The summed E-state index contributed by atoms with van der Waals surface area (Å²) in [5.74, 6) is 0.0153. The second kappa shape index (κ2) is 5.78. The van der Waals surface area contributed by atoms with E-state index in [9.17, 15) is 4.79 Å². The van der Waals surface area contributed by atoms with Crippen LogP contribution in [0.15, 0.2) is 43.0 Å². The van der Waals surface area contributed by atoms with Crippen LogP contribution in [0.5, 0.6) is 0 Å². The lowest BCUT2D eigenvalue weighted by Crippen LogP contribution is -2.27. The maximum atomic E-state index is 12.0. The molecule has 1 unspecified atom stereocenters. The Hall–Kier alpha value is -2.63. The molecule has 2 N–H and O–H groups in total. The monoisotopic (exact) mass is 283 g/mol. The maximum absolute atomic E-state index is 12.0. The third-order valence-corrected chi connectivity index (χ3v) is 3.50. The van der Waals surface area contributed by atoms with Gasteiger partial charge in [-0.2, -0.15) is 5.10 Å². The van der Waals surface area contributed by atoms with E-state index in [-0.39, 0.29) is 11.9 Å². The van der Waals surface area contributed by atoms with Crippen molar-refractivity contribution in [3.8, 4) is 0 Å². The topological polar surface area (TPSA) is 75.6 Å². The van der Waals surface area contributed by atoms with E-state index in [4.69, 9.17) is 0 Å². The van der Waals surface area contributed by atoms with Crippen molar-refractivity contribution < 1.29 is 4.79 Å². The molecule has 21 heavy (non-hydrogen) atoms. The minimum atomic E-state index is -0.0456. The summed E-state index contributed by atoms with van der Waals surface area (Å²) < 4.78 is 2.00. The van der Waals surface area contributed by atoms with E-state index in [1.54, 1.807) is 18.7 Å². The van der Waals surface area contributed by atoms with Gasteiger partial charge < -0.3 is 9.88 Å². The number of hydrogen-bond acceptors (Lipinski definition) is 3. The molecule has 108 valence electrons. The SMILES string of the molecule is CC(NC(=O)CCn1cnc2ccccc21)c1cn[nH]c1. The van der Waals surface area contributed by atoms with Crippen molar-refractivity contribution in [3.63, 3.8) is 0 Å². The molecular weight excluding hydrogens is 266 g/mol. The van der Waals surface area contributed by atoms with Gasteiger partial charge in [0.1, 0.15) is 0 Å². The number of amides is 1. The van der Waals surface area contributed by atoms with E-state index >= 15 is 0 Å². The van der Waals surface area contributed by atoms with Crippen LogP contribution in [0.1, 0.15) is 24.9 Å². The molecule has 0 aliphatic carbocycles. The van der Waals surface area contributed by atoms with Crippen molar-refractivity contribution >= 4 is 16.9 Å². The fourth-order valence-electron chi connectivity index (χ4n) is 2.31. The summed E-state index contributed by atoms with van der Waals surface area (Å²) in [6.07, 6.45) is 5.70. The lowest BCUT2D eigenvalue weighted by molar-refractivity contribution is -0.121. The smallest absolute Gasteiger partial charge is 0.222 e. The van der Waals surface area contributed by atoms with Gasteiger partial charge in [-0.05, 0) is 19.1 Å². The number of aromatic nitrogens is 4. The number of fused-ring (bicyclic) bond motifs is 1. The molecule has 0 saturated heterocycles.